The van der Waals surface area contributed by atoms with Crippen LogP contribution in [0.2, 0.25) is 0 Å². The Bertz CT molecular complexity index is 1140. The molecule has 1 unspecified atom stereocenters. The van der Waals surface area contributed by atoms with E-state index in [4.69, 9.17) is 4.74 Å². The summed E-state index contributed by atoms with van der Waals surface area (Å²) in [6.45, 7) is 0.880. The van der Waals surface area contributed by atoms with Crippen LogP contribution in [0, 0.1) is 0 Å². The van der Waals surface area contributed by atoms with Gasteiger partial charge in [-0.05, 0) is 43.2 Å². The van der Waals surface area contributed by atoms with Gasteiger partial charge in [-0.3, -0.25) is 9.78 Å². The van der Waals surface area contributed by atoms with Gasteiger partial charge in [-0.2, -0.15) is 0 Å². The zero-order chi connectivity index (χ0) is 20.3. The van der Waals surface area contributed by atoms with Gasteiger partial charge in [0.05, 0.1) is 22.2 Å². The fourth-order valence-electron chi connectivity index (χ4n) is 3.30. The molecule has 2 aromatic carbocycles. The van der Waals surface area contributed by atoms with Gasteiger partial charge >= 0.3 is 0 Å². The molecule has 150 valence electrons. The Kier molecular flexibility index (Phi) is 5.57. The third-order valence-electron chi connectivity index (χ3n) is 4.81. The molecule has 1 aromatic heterocycles. The summed E-state index contributed by atoms with van der Waals surface area (Å²) in [7, 11) is -3.73. The van der Waals surface area contributed by atoms with Gasteiger partial charge in [0.1, 0.15) is 0 Å². The molecule has 3 aromatic rings. The van der Waals surface area contributed by atoms with E-state index in [0.29, 0.717) is 17.8 Å². The zero-order valence-corrected chi connectivity index (χ0v) is 16.5. The van der Waals surface area contributed by atoms with Gasteiger partial charge < -0.3 is 10.1 Å². The number of aromatic nitrogens is 1. The molecule has 8 heteroatoms. The molecule has 1 amide bonds. The predicted octanol–water partition coefficient (Wildman–Crippen LogP) is 2.94. The third kappa shape index (κ3) is 4.45. The molecule has 1 aliphatic rings. The number of ether oxygens (including phenoxy) is 1. The van der Waals surface area contributed by atoms with Gasteiger partial charge in [0.2, 0.25) is 10.0 Å². The fourth-order valence-corrected chi connectivity index (χ4v) is 4.41. The summed E-state index contributed by atoms with van der Waals surface area (Å²) in [5.41, 5.74) is 1.49. The van der Waals surface area contributed by atoms with Crippen LogP contribution in [0.15, 0.2) is 65.7 Å². The summed E-state index contributed by atoms with van der Waals surface area (Å²) >= 11 is 0. The van der Waals surface area contributed by atoms with Crippen LogP contribution < -0.4 is 10.0 Å². The van der Waals surface area contributed by atoms with Gasteiger partial charge in [0.25, 0.3) is 5.91 Å². The Labute approximate surface area is 169 Å². The Morgan fingerprint density at radius 1 is 1.14 bits per heavy atom. The first-order valence-electron chi connectivity index (χ1n) is 9.39. The lowest BCUT2D eigenvalue weighted by molar-refractivity contribution is 0.102. The van der Waals surface area contributed by atoms with Crippen LogP contribution >= 0.6 is 0 Å². The van der Waals surface area contributed by atoms with Gasteiger partial charge in [-0.25, -0.2) is 13.1 Å². The number of amides is 1. The highest BCUT2D eigenvalue weighted by Gasteiger charge is 2.21. The van der Waals surface area contributed by atoms with E-state index in [1.165, 1.54) is 12.1 Å². The first-order chi connectivity index (χ1) is 14.0. The van der Waals surface area contributed by atoms with E-state index < -0.39 is 15.9 Å². The largest absolute Gasteiger partial charge is 0.377 e. The van der Waals surface area contributed by atoms with Gasteiger partial charge in [0.15, 0.2) is 0 Å². The number of para-hydroxylation sites is 1. The Morgan fingerprint density at radius 2 is 1.97 bits per heavy atom. The topological polar surface area (TPSA) is 97.4 Å². The van der Waals surface area contributed by atoms with Crippen molar-refractivity contribution in [3.63, 3.8) is 0 Å². The second-order valence-corrected chi connectivity index (χ2v) is 8.62. The number of carbonyl (C=O) groups is 1. The molecule has 1 fully saturated rings. The number of pyridine rings is 1. The molecule has 29 heavy (non-hydrogen) atoms. The summed E-state index contributed by atoms with van der Waals surface area (Å²) in [6, 6.07) is 15.2. The van der Waals surface area contributed by atoms with E-state index in [2.05, 4.69) is 15.0 Å². The Morgan fingerprint density at radius 3 is 2.79 bits per heavy atom. The summed E-state index contributed by atoms with van der Waals surface area (Å²) in [5, 5.41) is 3.72. The van der Waals surface area contributed by atoms with Gasteiger partial charge in [-0.15, -0.1) is 0 Å². The smallest absolute Gasteiger partial charge is 0.255 e. The van der Waals surface area contributed by atoms with Crippen molar-refractivity contribution in [2.45, 2.75) is 23.8 Å². The van der Waals surface area contributed by atoms with Gasteiger partial charge in [-0.1, -0.05) is 24.3 Å². The van der Waals surface area contributed by atoms with E-state index in [1.807, 2.05) is 24.3 Å². The molecule has 0 aliphatic carbocycles. The molecule has 2 N–H and O–H groups in total. The minimum atomic E-state index is -3.73. The molecule has 1 atom stereocenters. The standard InChI is InChI=1S/C21H21N3O4S/c25-21(24-19-10-2-5-15-7-3-11-22-20(15)19)16-6-1-9-18(13-16)29(26,27)23-14-17-8-4-12-28-17/h1-3,5-7,9-11,13,17,23H,4,8,12,14H2,(H,24,25). The number of rotatable bonds is 6. The number of benzene rings is 2. The molecular weight excluding hydrogens is 390 g/mol. The van der Waals surface area contributed by atoms with Crippen LogP contribution in [0.25, 0.3) is 10.9 Å². The van der Waals surface area contributed by atoms with E-state index >= 15 is 0 Å². The molecule has 1 saturated heterocycles. The van der Waals surface area contributed by atoms with Crippen molar-refractivity contribution >= 4 is 32.5 Å². The molecule has 0 spiro atoms. The van der Waals surface area contributed by atoms with E-state index in [-0.39, 0.29) is 23.1 Å². The normalized spacial score (nSPS) is 16.8. The van der Waals surface area contributed by atoms with E-state index in [9.17, 15) is 13.2 Å². The van der Waals surface area contributed by atoms with Gasteiger partial charge in [0, 0.05) is 30.3 Å². The second kappa shape index (κ2) is 8.28. The molecule has 0 bridgehead atoms. The monoisotopic (exact) mass is 411 g/mol. The predicted molar refractivity (Wildman–Crippen MR) is 110 cm³/mol. The van der Waals surface area contributed by atoms with Crippen molar-refractivity contribution in [1.29, 1.82) is 0 Å². The minimum Gasteiger partial charge on any atom is -0.377 e. The van der Waals surface area contributed by atoms with Crippen molar-refractivity contribution < 1.29 is 17.9 Å². The Balaban J connectivity index is 1.52. The van der Waals surface area contributed by atoms with Crippen LogP contribution in [0.4, 0.5) is 5.69 Å². The molecule has 1 aliphatic heterocycles. The number of sulfonamides is 1. The van der Waals surface area contributed by atoms with Crippen molar-refractivity contribution in [2.75, 3.05) is 18.5 Å². The number of nitrogens with zero attached hydrogens (tertiary/aromatic N) is 1. The SMILES string of the molecule is O=C(Nc1cccc2cccnc12)c1cccc(S(=O)(=O)NCC2CCCO2)c1. The lowest BCUT2D eigenvalue weighted by Crippen LogP contribution is -2.32. The maximum absolute atomic E-state index is 12.7. The maximum Gasteiger partial charge on any atom is 0.255 e. The van der Waals surface area contributed by atoms with Crippen LogP contribution in [0.1, 0.15) is 23.2 Å². The number of nitrogens with one attached hydrogen (secondary N) is 2. The molecule has 4 rings (SSSR count). The quantitative estimate of drug-likeness (QED) is 0.650. The third-order valence-corrected chi connectivity index (χ3v) is 6.23. The molecule has 7 nitrogen and oxygen atoms in total. The van der Waals surface area contributed by atoms with Crippen LogP contribution in [0.5, 0.6) is 0 Å². The molecule has 0 radical (unpaired) electrons. The number of hydrogen-bond acceptors (Lipinski definition) is 5. The molecule has 2 heterocycles. The number of carbonyl (C=O) groups excluding carboxylic acids is 1. The fraction of sp³-hybridized carbons (Fsp3) is 0.238. The van der Waals surface area contributed by atoms with E-state index in [1.54, 1.807) is 24.4 Å². The highest BCUT2D eigenvalue weighted by molar-refractivity contribution is 7.89. The number of anilines is 1. The highest BCUT2D eigenvalue weighted by atomic mass is 32.2. The van der Waals surface area contributed by atoms with Crippen molar-refractivity contribution in [1.82, 2.24) is 9.71 Å². The Hall–Kier alpha value is -2.81. The average Bonchev–Trinajstić information content (AvgIpc) is 3.26. The maximum atomic E-state index is 12.7. The minimum absolute atomic E-state index is 0.0409. The van der Waals surface area contributed by atoms with Crippen LogP contribution in [-0.2, 0) is 14.8 Å². The first kappa shape index (κ1) is 19.5. The summed E-state index contributed by atoms with van der Waals surface area (Å²) < 4.78 is 33.2. The summed E-state index contributed by atoms with van der Waals surface area (Å²) in [4.78, 5) is 17.1. The van der Waals surface area contributed by atoms with Crippen molar-refractivity contribution in [3.05, 3.63) is 66.4 Å². The van der Waals surface area contributed by atoms with Crippen molar-refractivity contribution in [3.8, 4) is 0 Å². The summed E-state index contributed by atoms with van der Waals surface area (Å²) in [6.07, 6.45) is 3.33. The van der Waals surface area contributed by atoms with Crippen LogP contribution in [-0.4, -0.2) is 38.6 Å². The van der Waals surface area contributed by atoms with Crippen LogP contribution in [0.3, 0.4) is 0 Å². The average molecular weight is 411 g/mol. The first-order valence-corrected chi connectivity index (χ1v) is 10.9. The van der Waals surface area contributed by atoms with Crippen molar-refractivity contribution in [2.24, 2.45) is 0 Å². The van der Waals surface area contributed by atoms with E-state index in [0.717, 1.165) is 18.2 Å². The summed E-state index contributed by atoms with van der Waals surface area (Å²) in [5.74, 6) is -0.403. The molecular formula is C21H21N3O4S. The number of fused-ring (bicyclic) bond motifs is 1. The highest BCUT2D eigenvalue weighted by Crippen LogP contribution is 2.22. The lowest BCUT2D eigenvalue weighted by Gasteiger charge is -2.12. The zero-order valence-electron chi connectivity index (χ0n) is 15.7. The molecule has 0 saturated carbocycles. The lowest BCUT2D eigenvalue weighted by atomic mass is 10.1. The number of hydrogen-bond donors (Lipinski definition) is 2. The second-order valence-electron chi connectivity index (χ2n) is 6.85.